The Morgan fingerprint density at radius 1 is 1.11 bits per heavy atom. The van der Waals surface area contributed by atoms with Gasteiger partial charge in [-0.15, -0.1) is 23.2 Å². The lowest BCUT2D eigenvalue weighted by molar-refractivity contribution is -0.873. The number of likely N-dealkylation sites (N-methyl/N-ethyl adjacent to an activating group) is 1. The molecule has 3 nitrogen and oxygen atoms in total. The van der Waals surface area contributed by atoms with Crippen LogP contribution in [0.15, 0.2) is 0 Å². The van der Waals surface area contributed by atoms with Gasteiger partial charge in [0.2, 0.25) is 0 Å². The molecule has 0 heterocycles. The van der Waals surface area contributed by atoms with Crippen molar-refractivity contribution in [2.75, 3.05) is 59.1 Å². The van der Waals surface area contributed by atoms with E-state index in [1.807, 2.05) is 21.1 Å². The molecule has 0 amide bonds. The highest BCUT2D eigenvalue weighted by atomic mass is 35.5. The third-order valence-corrected chi connectivity index (χ3v) is 2.76. The Hall–Kier alpha value is 0.750. The number of hydrogen-bond donors (Lipinski definition) is 1. The van der Waals surface area contributed by atoms with Crippen molar-refractivity contribution in [1.29, 1.82) is 0 Å². The molecule has 0 saturated carbocycles. The zero-order chi connectivity index (χ0) is 13.9. The maximum Gasteiger partial charge on any atom is 0.116 e. The third kappa shape index (κ3) is 19.1. The zero-order valence-corrected chi connectivity index (χ0v) is 14.6. The summed E-state index contributed by atoms with van der Waals surface area (Å²) >= 11 is 10.9. The molecule has 1 unspecified atom stereocenters. The fourth-order valence-electron chi connectivity index (χ4n) is 1.34. The van der Waals surface area contributed by atoms with E-state index in [1.54, 1.807) is 0 Å². The molecule has 0 aliphatic heterocycles. The predicted octanol–water partition coefficient (Wildman–Crippen LogP) is -1.14. The average molecular weight is 324 g/mol. The molecule has 0 bridgehead atoms. The summed E-state index contributed by atoms with van der Waals surface area (Å²) in [4.78, 5) is 2.30. The molecule has 1 N–H and O–H groups in total. The molecule has 1 atom stereocenters. The molecule has 6 heteroatoms. The predicted molar refractivity (Wildman–Crippen MR) is 78.1 cm³/mol. The number of nitrogens with zero attached hydrogens (tertiary/aromatic N) is 2. The lowest BCUT2D eigenvalue weighted by Gasteiger charge is -2.25. The van der Waals surface area contributed by atoms with Crippen LogP contribution in [0.1, 0.15) is 13.8 Å². The Labute approximate surface area is 129 Å². The van der Waals surface area contributed by atoms with Gasteiger partial charge in [0, 0.05) is 12.4 Å². The Balaban J connectivity index is -0.000000238. The van der Waals surface area contributed by atoms with Crippen LogP contribution in [0.3, 0.4) is 0 Å². The second kappa shape index (κ2) is 14.2. The number of alkyl halides is 2. The monoisotopic (exact) mass is 322 g/mol. The summed E-state index contributed by atoms with van der Waals surface area (Å²) in [5, 5.41) is 9.05. The standard InChI is InChI=1S/C6H15ClNO.C6H14ClN.ClH/c1-8(2,3)5-6(9)4-7;1-3-8(4-2)6-5-7;/h6,9H,4-5H2,1-3H3;3-6H2,1-2H3;1H/q+1;;/p-1. The Bertz CT molecular complexity index is 162. The summed E-state index contributed by atoms with van der Waals surface area (Å²) in [5.74, 6) is 1.08. The Morgan fingerprint density at radius 2 is 1.56 bits per heavy atom. The number of aliphatic hydroxyl groups is 1. The van der Waals surface area contributed by atoms with Crippen LogP contribution in [-0.4, -0.2) is 79.7 Å². The minimum absolute atomic E-state index is 0. The second-order valence-corrected chi connectivity index (χ2v) is 5.68. The lowest BCUT2D eigenvalue weighted by Crippen LogP contribution is -3.00. The van der Waals surface area contributed by atoms with Gasteiger partial charge >= 0.3 is 0 Å². The summed E-state index contributed by atoms with van der Waals surface area (Å²) in [6.07, 6.45) is -0.369. The summed E-state index contributed by atoms with van der Waals surface area (Å²) in [6, 6.07) is 0. The van der Waals surface area contributed by atoms with E-state index in [2.05, 4.69) is 18.7 Å². The van der Waals surface area contributed by atoms with Gasteiger partial charge in [-0.25, -0.2) is 0 Å². The van der Waals surface area contributed by atoms with Gasteiger partial charge in [-0.2, -0.15) is 0 Å². The van der Waals surface area contributed by atoms with E-state index in [-0.39, 0.29) is 18.5 Å². The molecular formula is C12H29Cl3N2O. The van der Waals surface area contributed by atoms with Crippen molar-refractivity contribution >= 4 is 23.2 Å². The summed E-state index contributed by atoms with van der Waals surface area (Å²) in [6.45, 7) is 8.26. The van der Waals surface area contributed by atoms with Crippen molar-refractivity contribution in [3.63, 3.8) is 0 Å². The van der Waals surface area contributed by atoms with E-state index < -0.39 is 0 Å². The molecule has 0 aromatic carbocycles. The van der Waals surface area contributed by atoms with E-state index in [9.17, 15) is 0 Å². The fraction of sp³-hybridized carbons (Fsp3) is 1.00. The van der Waals surface area contributed by atoms with Crippen LogP contribution in [0.25, 0.3) is 0 Å². The molecule has 0 radical (unpaired) electrons. The second-order valence-electron chi connectivity index (χ2n) is 5.00. The highest BCUT2D eigenvalue weighted by Gasteiger charge is 2.13. The topological polar surface area (TPSA) is 23.5 Å². The fourth-order valence-corrected chi connectivity index (χ4v) is 1.68. The third-order valence-electron chi connectivity index (χ3n) is 2.23. The zero-order valence-electron chi connectivity index (χ0n) is 12.3. The first kappa shape index (κ1) is 23.8. The maximum absolute atomic E-state index is 9.05. The van der Waals surface area contributed by atoms with Gasteiger partial charge in [-0.1, -0.05) is 13.8 Å². The summed E-state index contributed by atoms with van der Waals surface area (Å²) < 4.78 is 0.758. The highest BCUT2D eigenvalue weighted by Crippen LogP contribution is 1.95. The van der Waals surface area contributed by atoms with Gasteiger partial charge in [-0.05, 0) is 13.1 Å². The molecule has 18 heavy (non-hydrogen) atoms. The van der Waals surface area contributed by atoms with E-state index in [4.69, 9.17) is 28.3 Å². The van der Waals surface area contributed by atoms with Crippen molar-refractivity contribution in [2.45, 2.75) is 20.0 Å². The first-order valence-electron chi connectivity index (χ1n) is 6.13. The van der Waals surface area contributed by atoms with Gasteiger partial charge in [0.05, 0.1) is 27.0 Å². The molecule has 114 valence electrons. The van der Waals surface area contributed by atoms with Crippen molar-refractivity contribution in [1.82, 2.24) is 4.90 Å². The van der Waals surface area contributed by atoms with Crippen molar-refractivity contribution in [3.8, 4) is 0 Å². The molecular weight excluding hydrogens is 295 g/mol. The molecule has 0 fully saturated rings. The number of halogens is 3. The SMILES string of the molecule is CCN(CC)CCCl.C[N+](C)(C)CC(O)CCl.[Cl-]. The van der Waals surface area contributed by atoms with Crippen LogP contribution in [0, 0.1) is 0 Å². The average Bonchev–Trinajstić information content (AvgIpc) is 2.24. The number of hydrogen-bond acceptors (Lipinski definition) is 2. The van der Waals surface area contributed by atoms with Crippen LogP contribution < -0.4 is 12.4 Å². The summed E-state index contributed by atoms with van der Waals surface area (Å²) in [5.41, 5.74) is 0. The first-order valence-corrected chi connectivity index (χ1v) is 7.20. The molecule has 0 aliphatic rings. The van der Waals surface area contributed by atoms with Crippen LogP contribution in [-0.2, 0) is 0 Å². The van der Waals surface area contributed by atoms with Crippen LogP contribution >= 0.6 is 23.2 Å². The lowest BCUT2D eigenvalue weighted by atomic mass is 10.3. The number of rotatable bonds is 7. The smallest absolute Gasteiger partial charge is 0.116 e. The van der Waals surface area contributed by atoms with Crippen molar-refractivity contribution < 1.29 is 22.0 Å². The normalized spacial score (nSPS) is 12.5. The van der Waals surface area contributed by atoms with Crippen LogP contribution in [0.5, 0.6) is 0 Å². The minimum Gasteiger partial charge on any atom is -1.00 e. The van der Waals surface area contributed by atoms with Gasteiger partial charge in [-0.3, -0.25) is 0 Å². The molecule has 0 spiro atoms. The van der Waals surface area contributed by atoms with Gasteiger partial charge in [0.15, 0.2) is 0 Å². The van der Waals surface area contributed by atoms with E-state index in [0.717, 1.165) is 30.0 Å². The van der Waals surface area contributed by atoms with E-state index in [0.29, 0.717) is 12.4 Å². The van der Waals surface area contributed by atoms with E-state index in [1.165, 1.54) is 0 Å². The molecule has 0 aromatic heterocycles. The van der Waals surface area contributed by atoms with Crippen LogP contribution in [0.4, 0.5) is 0 Å². The Morgan fingerprint density at radius 3 is 1.67 bits per heavy atom. The Kier molecular flexibility index (Phi) is 18.7. The molecule has 0 aliphatic carbocycles. The largest absolute Gasteiger partial charge is 1.00 e. The van der Waals surface area contributed by atoms with E-state index >= 15 is 0 Å². The molecule has 0 saturated heterocycles. The van der Waals surface area contributed by atoms with Crippen LogP contribution in [0.2, 0.25) is 0 Å². The minimum atomic E-state index is -0.369. The first-order chi connectivity index (χ1) is 7.80. The maximum atomic E-state index is 9.05. The van der Waals surface area contributed by atoms with Gasteiger partial charge in [0.25, 0.3) is 0 Å². The number of quaternary nitrogens is 1. The van der Waals surface area contributed by atoms with Crippen molar-refractivity contribution in [3.05, 3.63) is 0 Å². The van der Waals surface area contributed by atoms with Crippen molar-refractivity contribution in [2.24, 2.45) is 0 Å². The quantitative estimate of drug-likeness (QED) is 0.473. The highest BCUT2D eigenvalue weighted by molar-refractivity contribution is 6.18. The summed E-state index contributed by atoms with van der Waals surface area (Å²) in [7, 11) is 6.07. The molecule has 0 aromatic rings. The van der Waals surface area contributed by atoms with Gasteiger partial charge in [0.1, 0.15) is 12.6 Å². The number of aliphatic hydroxyl groups excluding tert-OH is 1. The molecule has 0 rings (SSSR count). The van der Waals surface area contributed by atoms with Gasteiger partial charge < -0.3 is 26.9 Å².